The van der Waals surface area contributed by atoms with Gasteiger partial charge in [-0.25, -0.2) is 13.5 Å². The van der Waals surface area contributed by atoms with E-state index in [9.17, 15) is 18.4 Å². The van der Waals surface area contributed by atoms with Gasteiger partial charge in [0.15, 0.2) is 12.0 Å². The molecule has 6 nitrogen and oxygen atoms in total. The lowest BCUT2D eigenvalue weighted by atomic mass is 9.75. The Labute approximate surface area is 193 Å². The normalized spacial score (nSPS) is 23.8. The number of ketones is 1. The summed E-state index contributed by atoms with van der Waals surface area (Å²) in [6.07, 6.45) is 3.07. The van der Waals surface area contributed by atoms with Gasteiger partial charge in [-0.1, -0.05) is 40.9 Å². The molecule has 1 unspecified atom stereocenters. The Hall–Kier alpha value is -2.13. The SMILES string of the molecule is O=C(Nc1cnn(C2CCCCO2)c1C(F)F)[C@@H]1CCCC[C@H]1C(=O)c1ccc(Br)cc1. The van der Waals surface area contributed by atoms with Gasteiger partial charge >= 0.3 is 0 Å². The van der Waals surface area contributed by atoms with Crippen LogP contribution in [0.25, 0.3) is 0 Å². The van der Waals surface area contributed by atoms with Crippen LogP contribution in [-0.4, -0.2) is 28.1 Å². The summed E-state index contributed by atoms with van der Waals surface area (Å²) in [6, 6.07) is 7.06. The molecule has 1 saturated carbocycles. The minimum absolute atomic E-state index is 0.0143. The van der Waals surface area contributed by atoms with Crippen molar-refractivity contribution in [3.63, 3.8) is 0 Å². The molecular formula is C23H26BrF2N3O3. The first-order valence-electron chi connectivity index (χ1n) is 11.0. The summed E-state index contributed by atoms with van der Waals surface area (Å²) in [5, 5.41) is 6.74. The van der Waals surface area contributed by atoms with Crippen molar-refractivity contribution < 1.29 is 23.1 Å². The van der Waals surface area contributed by atoms with Crippen molar-refractivity contribution in [3.05, 3.63) is 46.2 Å². The molecule has 2 aliphatic rings. The Kier molecular flexibility index (Phi) is 7.35. The van der Waals surface area contributed by atoms with Crippen molar-refractivity contribution in [3.8, 4) is 0 Å². The zero-order valence-corrected chi connectivity index (χ0v) is 19.2. The van der Waals surface area contributed by atoms with Gasteiger partial charge < -0.3 is 10.1 Å². The molecule has 1 amide bonds. The van der Waals surface area contributed by atoms with Gasteiger partial charge in [0.05, 0.1) is 11.9 Å². The molecule has 1 aliphatic heterocycles. The Balaban J connectivity index is 1.53. The van der Waals surface area contributed by atoms with Gasteiger partial charge in [0.2, 0.25) is 5.91 Å². The van der Waals surface area contributed by atoms with Gasteiger partial charge in [-0.15, -0.1) is 0 Å². The summed E-state index contributed by atoms with van der Waals surface area (Å²) in [7, 11) is 0. The number of aromatic nitrogens is 2. The molecule has 9 heteroatoms. The van der Waals surface area contributed by atoms with Crippen LogP contribution in [0.5, 0.6) is 0 Å². The number of rotatable bonds is 6. The predicted octanol–water partition coefficient (Wildman–Crippen LogP) is 5.91. The minimum Gasteiger partial charge on any atom is -0.357 e. The van der Waals surface area contributed by atoms with E-state index in [-0.39, 0.29) is 17.2 Å². The summed E-state index contributed by atoms with van der Waals surface area (Å²) < 4.78 is 35.5. The fourth-order valence-corrected chi connectivity index (χ4v) is 4.91. The number of amides is 1. The number of nitrogens with one attached hydrogen (secondary N) is 1. The fraction of sp³-hybridized carbons (Fsp3) is 0.522. The molecule has 172 valence electrons. The molecule has 1 aliphatic carbocycles. The van der Waals surface area contributed by atoms with Crippen LogP contribution in [0.1, 0.15) is 73.7 Å². The molecule has 1 aromatic carbocycles. The third-order valence-corrected chi connectivity index (χ3v) is 6.82. The number of hydrogen-bond acceptors (Lipinski definition) is 4. The molecule has 0 radical (unpaired) electrons. The number of carbonyl (C=O) groups is 2. The number of carbonyl (C=O) groups excluding carboxylic acids is 2. The van der Waals surface area contributed by atoms with Crippen molar-refractivity contribution in [2.75, 3.05) is 11.9 Å². The van der Waals surface area contributed by atoms with Crippen LogP contribution in [0.2, 0.25) is 0 Å². The number of nitrogens with zero attached hydrogens (tertiary/aromatic N) is 2. The lowest BCUT2D eigenvalue weighted by molar-refractivity contribution is -0.122. The highest BCUT2D eigenvalue weighted by Gasteiger charge is 2.37. The van der Waals surface area contributed by atoms with Crippen molar-refractivity contribution >= 4 is 33.3 Å². The van der Waals surface area contributed by atoms with Crippen LogP contribution in [0.3, 0.4) is 0 Å². The Morgan fingerprint density at radius 1 is 1.06 bits per heavy atom. The summed E-state index contributed by atoms with van der Waals surface area (Å²) in [6.45, 7) is 0.497. The Bertz CT molecular complexity index is 958. The average Bonchev–Trinajstić information content (AvgIpc) is 3.23. The number of hydrogen-bond donors (Lipinski definition) is 1. The van der Waals surface area contributed by atoms with Crippen LogP contribution < -0.4 is 5.32 Å². The van der Waals surface area contributed by atoms with Crippen LogP contribution in [0.15, 0.2) is 34.9 Å². The van der Waals surface area contributed by atoms with Gasteiger partial charge in [-0.3, -0.25) is 9.59 Å². The molecule has 1 saturated heterocycles. The van der Waals surface area contributed by atoms with Gasteiger partial charge in [-0.05, 0) is 44.2 Å². The van der Waals surface area contributed by atoms with Crippen molar-refractivity contribution in [1.82, 2.24) is 9.78 Å². The zero-order valence-electron chi connectivity index (χ0n) is 17.6. The largest absolute Gasteiger partial charge is 0.357 e. The third kappa shape index (κ3) is 4.93. The average molecular weight is 510 g/mol. The van der Waals surface area contributed by atoms with E-state index >= 15 is 0 Å². The van der Waals surface area contributed by atoms with Crippen molar-refractivity contribution in [2.24, 2.45) is 11.8 Å². The molecule has 1 N–H and O–H groups in total. The quantitative estimate of drug-likeness (QED) is 0.491. The number of anilines is 1. The number of halogens is 3. The van der Waals surface area contributed by atoms with Crippen LogP contribution in [0, 0.1) is 11.8 Å². The molecule has 0 spiro atoms. The van der Waals surface area contributed by atoms with Crippen LogP contribution in [0.4, 0.5) is 14.5 Å². The van der Waals surface area contributed by atoms with Gasteiger partial charge in [-0.2, -0.15) is 5.10 Å². The van der Waals surface area contributed by atoms with E-state index in [1.54, 1.807) is 24.3 Å². The monoisotopic (exact) mass is 509 g/mol. The first-order valence-corrected chi connectivity index (χ1v) is 11.8. The Morgan fingerprint density at radius 3 is 2.41 bits per heavy atom. The highest BCUT2D eigenvalue weighted by atomic mass is 79.9. The van der Waals surface area contributed by atoms with E-state index < -0.39 is 30.4 Å². The predicted molar refractivity (Wildman–Crippen MR) is 119 cm³/mol. The van der Waals surface area contributed by atoms with Gasteiger partial charge in [0, 0.05) is 28.5 Å². The molecular weight excluding hydrogens is 484 g/mol. The number of Topliss-reactive ketones (excluding diaryl/α,β-unsaturated/α-hetero) is 1. The highest BCUT2D eigenvalue weighted by molar-refractivity contribution is 9.10. The van der Waals surface area contributed by atoms with Gasteiger partial charge in [0.25, 0.3) is 6.43 Å². The molecule has 3 atom stereocenters. The first-order chi connectivity index (χ1) is 15.5. The van der Waals surface area contributed by atoms with Crippen molar-refractivity contribution in [1.29, 1.82) is 0 Å². The number of benzene rings is 1. The highest BCUT2D eigenvalue weighted by Crippen LogP contribution is 2.36. The van der Waals surface area contributed by atoms with Crippen LogP contribution in [-0.2, 0) is 9.53 Å². The van der Waals surface area contributed by atoms with Crippen LogP contribution >= 0.6 is 15.9 Å². The van der Waals surface area contributed by atoms with Gasteiger partial charge in [0.1, 0.15) is 5.69 Å². The smallest absolute Gasteiger partial charge is 0.282 e. The summed E-state index contributed by atoms with van der Waals surface area (Å²) in [4.78, 5) is 26.3. The van der Waals surface area contributed by atoms with E-state index in [0.717, 1.165) is 30.2 Å². The van der Waals surface area contributed by atoms with E-state index in [4.69, 9.17) is 4.74 Å². The minimum atomic E-state index is -2.81. The maximum atomic E-state index is 13.9. The summed E-state index contributed by atoms with van der Waals surface area (Å²) in [5.74, 6) is -1.54. The molecule has 1 aromatic heterocycles. The second-order valence-electron chi connectivity index (χ2n) is 8.37. The second kappa shape index (κ2) is 10.2. The molecule has 2 heterocycles. The standard InChI is InChI=1S/C23H26BrF2N3O3/c24-15-10-8-14(9-11-15)21(30)16-5-1-2-6-17(16)23(31)28-18-13-27-29(20(18)22(25)26)19-7-3-4-12-32-19/h8-11,13,16-17,19,22H,1-7,12H2,(H,28,31)/t16-,17-,19?/m1/s1. The lowest BCUT2D eigenvalue weighted by Gasteiger charge is -2.29. The topological polar surface area (TPSA) is 73.2 Å². The number of alkyl halides is 2. The lowest BCUT2D eigenvalue weighted by Crippen LogP contribution is -2.36. The van der Waals surface area contributed by atoms with E-state index in [2.05, 4.69) is 26.3 Å². The molecule has 2 fully saturated rings. The fourth-order valence-electron chi connectivity index (χ4n) is 4.64. The third-order valence-electron chi connectivity index (χ3n) is 6.30. The molecule has 2 aromatic rings. The summed E-state index contributed by atoms with van der Waals surface area (Å²) >= 11 is 3.36. The second-order valence-corrected chi connectivity index (χ2v) is 9.28. The Morgan fingerprint density at radius 2 is 1.75 bits per heavy atom. The maximum absolute atomic E-state index is 13.9. The zero-order chi connectivity index (χ0) is 22.7. The van der Waals surface area contributed by atoms with Crippen molar-refractivity contribution in [2.45, 2.75) is 57.6 Å². The first kappa shape index (κ1) is 23.0. The maximum Gasteiger partial charge on any atom is 0.282 e. The van der Waals surface area contributed by atoms with E-state index in [0.29, 0.717) is 31.4 Å². The van der Waals surface area contributed by atoms with E-state index in [1.165, 1.54) is 10.9 Å². The molecule has 4 rings (SSSR count). The summed E-state index contributed by atoms with van der Waals surface area (Å²) in [5.41, 5.74) is 0.185. The molecule has 0 bridgehead atoms. The molecule has 32 heavy (non-hydrogen) atoms. The number of ether oxygens (including phenoxy) is 1. The van der Waals surface area contributed by atoms with E-state index in [1.807, 2.05) is 0 Å².